The second kappa shape index (κ2) is 9.60. The average Bonchev–Trinajstić information content (AvgIpc) is 2.97. The first-order valence-corrected chi connectivity index (χ1v) is 10.5. The molecule has 0 N–H and O–H groups in total. The van der Waals surface area contributed by atoms with E-state index in [0.29, 0.717) is 44.0 Å². The fourth-order valence-electron chi connectivity index (χ4n) is 3.09. The second-order valence-corrected chi connectivity index (χ2v) is 8.18. The molecule has 1 fully saturated rings. The minimum atomic E-state index is -0.402. The molecule has 0 aliphatic carbocycles. The summed E-state index contributed by atoms with van der Waals surface area (Å²) in [7, 11) is 3.11. The summed E-state index contributed by atoms with van der Waals surface area (Å²) < 4.78 is 10.9. The normalized spacial score (nSPS) is 15.1. The molecule has 2 aromatic rings. The highest BCUT2D eigenvalue weighted by atomic mass is 35.5. The van der Waals surface area contributed by atoms with E-state index in [9.17, 15) is 9.59 Å². The maximum absolute atomic E-state index is 12.9. The average molecular weight is 464 g/mol. The summed E-state index contributed by atoms with van der Waals surface area (Å²) in [5.41, 5.74) is 2.11. The lowest BCUT2D eigenvalue weighted by Crippen LogP contribution is -2.27. The molecule has 1 saturated heterocycles. The number of carbonyl (C=O) groups excluding carboxylic acids is 2. The SMILES string of the molecule is C=CCc1cc(C=C2SC(=O)N(Cc3c(Cl)cccc3Cl)C2=O)cc(OC)c1OC. The topological polar surface area (TPSA) is 55.8 Å². The molecule has 2 amide bonds. The van der Waals surface area contributed by atoms with Gasteiger partial charge in [-0.3, -0.25) is 14.5 Å². The quantitative estimate of drug-likeness (QED) is 0.373. The number of halogens is 2. The van der Waals surface area contributed by atoms with Crippen LogP contribution in [0.15, 0.2) is 47.9 Å². The lowest BCUT2D eigenvalue weighted by atomic mass is 10.0. The molecule has 3 rings (SSSR count). The molecule has 2 aromatic carbocycles. The molecule has 1 heterocycles. The molecular formula is C22H19Cl2NO4S. The first kappa shape index (κ1) is 22.3. The third-order valence-electron chi connectivity index (χ3n) is 4.49. The zero-order chi connectivity index (χ0) is 21.8. The van der Waals surface area contributed by atoms with E-state index in [1.54, 1.807) is 50.6 Å². The van der Waals surface area contributed by atoms with Gasteiger partial charge in [-0.25, -0.2) is 0 Å². The summed E-state index contributed by atoms with van der Waals surface area (Å²) in [5, 5.41) is 0.424. The van der Waals surface area contributed by atoms with Crippen LogP contribution in [-0.4, -0.2) is 30.3 Å². The Morgan fingerprint density at radius 1 is 1.13 bits per heavy atom. The molecule has 1 aliphatic rings. The molecule has 0 bridgehead atoms. The van der Waals surface area contributed by atoms with Crippen molar-refractivity contribution in [3.05, 3.63) is 74.6 Å². The Bertz CT molecular complexity index is 1030. The fraction of sp³-hybridized carbons (Fsp3) is 0.182. The van der Waals surface area contributed by atoms with Crippen LogP contribution in [0.3, 0.4) is 0 Å². The van der Waals surface area contributed by atoms with E-state index in [-0.39, 0.29) is 11.8 Å². The standard InChI is InChI=1S/C22H19Cl2NO4S/c1-4-6-14-9-13(10-18(28-2)20(14)29-3)11-19-21(26)25(22(27)30-19)12-15-16(23)7-5-8-17(15)24/h4-5,7-11H,1,6,12H2,2-3H3. The molecule has 5 nitrogen and oxygen atoms in total. The highest BCUT2D eigenvalue weighted by Crippen LogP contribution is 2.38. The zero-order valence-electron chi connectivity index (χ0n) is 16.4. The van der Waals surface area contributed by atoms with Gasteiger partial charge in [-0.05, 0) is 54.1 Å². The number of rotatable bonds is 7. The van der Waals surface area contributed by atoms with E-state index in [1.165, 1.54) is 0 Å². The van der Waals surface area contributed by atoms with Crippen molar-refractivity contribution >= 4 is 52.2 Å². The first-order valence-electron chi connectivity index (χ1n) is 8.93. The third kappa shape index (κ3) is 4.51. The van der Waals surface area contributed by atoms with Crippen LogP contribution in [0.2, 0.25) is 10.0 Å². The van der Waals surface area contributed by atoms with E-state index in [4.69, 9.17) is 32.7 Å². The van der Waals surface area contributed by atoms with Crippen LogP contribution >= 0.6 is 35.0 Å². The van der Waals surface area contributed by atoms with Gasteiger partial charge in [0.15, 0.2) is 11.5 Å². The van der Waals surface area contributed by atoms with Gasteiger partial charge in [-0.2, -0.15) is 0 Å². The Kier molecular flexibility index (Phi) is 7.13. The van der Waals surface area contributed by atoms with Crippen molar-refractivity contribution in [2.45, 2.75) is 13.0 Å². The van der Waals surface area contributed by atoms with Crippen LogP contribution in [0, 0.1) is 0 Å². The van der Waals surface area contributed by atoms with Crippen molar-refractivity contribution in [2.75, 3.05) is 14.2 Å². The Labute approximate surface area is 189 Å². The lowest BCUT2D eigenvalue weighted by molar-refractivity contribution is -0.123. The van der Waals surface area contributed by atoms with E-state index in [2.05, 4.69) is 6.58 Å². The number of carbonyl (C=O) groups is 2. The van der Waals surface area contributed by atoms with Crippen LogP contribution in [0.5, 0.6) is 11.5 Å². The summed E-state index contributed by atoms with van der Waals surface area (Å²) in [6, 6.07) is 8.68. The molecule has 0 saturated carbocycles. The number of hydrogen-bond acceptors (Lipinski definition) is 5. The van der Waals surface area contributed by atoms with Crippen molar-refractivity contribution < 1.29 is 19.1 Å². The minimum Gasteiger partial charge on any atom is -0.493 e. The number of nitrogens with zero attached hydrogens (tertiary/aromatic N) is 1. The molecule has 0 unspecified atom stereocenters. The smallest absolute Gasteiger partial charge is 0.293 e. The largest absolute Gasteiger partial charge is 0.493 e. The van der Waals surface area contributed by atoms with Gasteiger partial charge in [0.1, 0.15) is 0 Å². The number of amides is 2. The molecule has 0 radical (unpaired) electrons. The van der Waals surface area contributed by atoms with E-state index >= 15 is 0 Å². The molecule has 8 heteroatoms. The minimum absolute atomic E-state index is 0.00810. The predicted octanol–water partition coefficient (Wildman–Crippen LogP) is 5.98. The number of ether oxygens (including phenoxy) is 2. The van der Waals surface area contributed by atoms with Gasteiger partial charge in [0, 0.05) is 21.2 Å². The maximum atomic E-state index is 12.9. The van der Waals surface area contributed by atoms with Crippen LogP contribution < -0.4 is 9.47 Å². The van der Waals surface area contributed by atoms with Crippen LogP contribution in [-0.2, 0) is 17.8 Å². The highest BCUT2D eigenvalue weighted by Gasteiger charge is 2.35. The Morgan fingerprint density at radius 2 is 1.83 bits per heavy atom. The van der Waals surface area contributed by atoms with E-state index in [0.717, 1.165) is 22.2 Å². The van der Waals surface area contributed by atoms with Gasteiger partial charge in [-0.1, -0.05) is 35.3 Å². The third-order valence-corrected chi connectivity index (χ3v) is 6.11. The summed E-state index contributed by atoms with van der Waals surface area (Å²) in [6.45, 7) is 3.77. The maximum Gasteiger partial charge on any atom is 0.293 e. The number of thioether (sulfide) groups is 1. The molecule has 0 aromatic heterocycles. The second-order valence-electron chi connectivity index (χ2n) is 6.38. The summed E-state index contributed by atoms with van der Waals surface area (Å²) >= 11 is 13.2. The van der Waals surface area contributed by atoms with Crippen molar-refractivity contribution in [2.24, 2.45) is 0 Å². The molecule has 1 aliphatic heterocycles. The fourth-order valence-corrected chi connectivity index (χ4v) is 4.44. The Hall–Kier alpha value is -2.41. The summed E-state index contributed by atoms with van der Waals surface area (Å²) in [4.78, 5) is 26.8. The molecule has 0 atom stereocenters. The van der Waals surface area contributed by atoms with Crippen LogP contribution in [0.4, 0.5) is 4.79 Å². The van der Waals surface area contributed by atoms with Crippen molar-refractivity contribution in [3.8, 4) is 11.5 Å². The van der Waals surface area contributed by atoms with Gasteiger partial charge in [0.2, 0.25) is 0 Å². The van der Waals surface area contributed by atoms with E-state index < -0.39 is 5.91 Å². The van der Waals surface area contributed by atoms with Gasteiger partial charge < -0.3 is 9.47 Å². The van der Waals surface area contributed by atoms with Crippen LogP contribution in [0.1, 0.15) is 16.7 Å². The monoisotopic (exact) mass is 463 g/mol. The molecule has 156 valence electrons. The van der Waals surface area contributed by atoms with Gasteiger partial charge >= 0.3 is 0 Å². The number of imide groups is 1. The highest BCUT2D eigenvalue weighted by molar-refractivity contribution is 8.18. The summed E-state index contributed by atoms with van der Waals surface area (Å²) in [6.07, 6.45) is 3.98. The number of benzene rings is 2. The van der Waals surface area contributed by atoms with Crippen LogP contribution in [0.25, 0.3) is 6.08 Å². The molecular weight excluding hydrogens is 445 g/mol. The van der Waals surface area contributed by atoms with Gasteiger partial charge in [-0.15, -0.1) is 6.58 Å². The Morgan fingerprint density at radius 3 is 2.43 bits per heavy atom. The zero-order valence-corrected chi connectivity index (χ0v) is 18.7. The number of methoxy groups -OCH3 is 2. The molecule has 0 spiro atoms. The van der Waals surface area contributed by atoms with E-state index in [1.807, 2.05) is 6.07 Å². The van der Waals surface area contributed by atoms with Gasteiger partial charge in [0.25, 0.3) is 11.1 Å². The summed E-state index contributed by atoms with van der Waals surface area (Å²) in [5.74, 6) is 0.738. The van der Waals surface area contributed by atoms with Crippen molar-refractivity contribution in [1.29, 1.82) is 0 Å². The number of hydrogen-bond donors (Lipinski definition) is 0. The molecule has 30 heavy (non-hydrogen) atoms. The predicted molar refractivity (Wildman–Crippen MR) is 121 cm³/mol. The number of allylic oxidation sites excluding steroid dienone is 1. The van der Waals surface area contributed by atoms with Gasteiger partial charge in [0.05, 0.1) is 25.7 Å². The van der Waals surface area contributed by atoms with Crippen molar-refractivity contribution in [1.82, 2.24) is 4.90 Å². The Balaban J connectivity index is 1.93. The lowest BCUT2D eigenvalue weighted by Gasteiger charge is -2.15. The first-order chi connectivity index (χ1) is 14.4. The van der Waals surface area contributed by atoms with Crippen molar-refractivity contribution in [3.63, 3.8) is 0 Å².